The number of nitrogens with two attached hydrogens (primary N) is 1. The number of hydrazone groups is 1. The summed E-state index contributed by atoms with van der Waals surface area (Å²) in [6, 6.07) is 7.08. The fourth-order valence-electron chi connectivity index (χ4n) is 1.77. The lowest BCUT2D eigenvalue weighted by Crippen LogP contribution is -2.24. The maximum Gasteiger partial charge on any atom is 0.371 e. The van der Waals surface area contributed by atoms with Gasteiger partial charge in [-0.05, 0) is 35.9 Å². The molecule has 2 rings (SSSR count). The first-order chi connectivity index (χ1) is 11.5. The summed E-state index contributed by atoms with van der Waals surface area (Å²) in [7, 11) is 1.47. The van der Waals surface area contributed by atoms with Gasteiger partial charge in [0.25, 0.3) is 0 Å². The van der Waals surface area contributed by atoms with Crippen LogP contribution in [0.3, 0.4) is 0 Å². The van der Waals surface area contributed by atoms with Crippen LogP contribution in [-0.4, -0.2) is 30.4 Å². The molecule has 0 saturated carbocycles. The van der Waals surface area contributed by atoms with Gasteiger partial charge in [0, 0.05) is 0 Å². The van der Waals surface area contributed by atoms with Gasteiger partial charge >= 0.3 is 12.0 Å². The van der Waals surface area contributed by atoms with Crippen LogP contribution in [0.2, 0.25) is 0 Å². The number of nitrogens with zero attached hydrogens (tertiary/aromatic N) is 1. The zero-order chi connectivity index (χ0) is 17.5. The third-order valence-electron chi connectivity index (χ3n) is 2.82. The van der Waals surface area contributed by atoms with Gasteiger partial charge in [0.1, 0.15) is 12.4 Å². The van der Waals surface area contributed by atoms with Gasteiger partial charge in [0.05, 0.1) is 13.3 Å². The van der Waals surface area contributed by atoms with Crippen LogP contribution in [0.4, 0.5) is 4.79 Å². The Kier molecular flexibility index (Phi) is 5.40. The molecule has 126 valence electrons. The minimum Gasteiger partial charge on any atom is -0.493 e. The molecule has 0 aliphatic heterocycles. The molecule has 1 heterocycles. The van der Waals surface area contributed by atoms with Crippen molar-refractivity contribution in [3.63, 3.8) is 0 Å². The van der Waals surface area contributed by atoms with E-state index in [9.17, 15) is 9.59 Å². The lowest BCUT2D eigenvalue weighted by Gasteiger charge is -2.10. The van der Waals surface area contributed by atoms with Crippen molar-refractivity contribution in [2.45, 2.75) is 6.61 Å². The standard InChI is InChI=1S/C15H15N3O6/c1-22-13-6-9(7-17-18-15(16)21)2-4-11(13)23-8-10-3-5-12(24-10)14(19)20/h2-7H,8H2,1H3,(H,19,20)(H3,16,18,21)/b17-7-. The van der Waals surface area contributed by atoms with Crippen LogP contribution < -0.4 is 20.6 Å². The number of amides is 2. The quantitative estimate of drug-likeness (QED) is 0.519. The van der Waals surface area contributed by atoms with Crippen molar-refractivity contribution in [3.05, 3.63) is 47.4 Å². The van der Waals surface area contributed by atoms with Crippen LogP contribution >= 0.6 is 0 Å². The first kappa shape index (κ1) is 16.9. The molecule has 0 bridgehead atoms. The summed E-state index contributed by atoms with van der Waals surface area (Å²) >= 11 is 0. The number of carboxylic acid groups (broad SMARTS) is 1. The Morgan fingerprint density at radius 2 is 2.12 bits per heavy atom. The average molecular weight is 333 g/mol. The molecule has 0 radical (unpaired) electrons. The molecule has 24 heavy (non-hydrogen) atoms. The molecule has 2 aromatic rings. The van der Waals surface area contributed by atoms with Crippen molar-refractivity contribution in [3.8, 4) is 11.5 Å². The lowest BCUT2D eigenvalue weighted by molar-refractivity contribution is 0.0658. The molecule has 0 aliphatic carbocycles. The SMILES string of the molecule is COc1cc(/C=N\NC(N)=O)ccc1OCc1ccc(C(=O)O)o1. The molecule has 0 atom stereocenters. The third-order valence-corrected chi connectivity index (χ3v) is 2.82. The molecule has 0 saturated heterocycles. The second kappa shape index (κ2) is 7.68. The van der Waals surface area contributed by atoms with Gasteiger partial charge in [-0.15, -0.1) is 0 Å². The van der Waals surface area contributed by atoms with E-state index in [-0.39, 0.29) is 12.4 Å². The van der Waals surface area contributed by atoms with Gasteiger partial charge in [0.2, 0.25) is 5.76 Å². The third kappa shape index (κ3) is 4.50. The average Bonchev–Trinajstić information content (AvgIpc) is 3.02. The Morgan fingerprint density at radius 3 is 2.75 bits per heavy atom. The summed E-state index contributed by atoms with van der Waals surface area (Å²) in [6.07, 6.45) is 1.39. The molecular formula is C15H15N3O6. The first-order valence-corrected chi connectivity index (χ1v) is 6.71. The van der Waals surface area contributed by atoms with Crippen molar-refractivity contribution in [2.24, 2.45) is 10.8 Å². The molecule has 0 fully saturated rings. The summed E-state index contributed by atoms with van der Waals surface area (Å²) < 4.78 is 15.9. The lowest BCUT2D eigenvalue weighted by atomic mass is 10.2. The number of carboxylic acids is 1. The van der Waals surface area contributed by atoms with Crippen molar-refractivity contribution >= 4 is 18.2 Å². The van der Waals surface area contributed by atoms with Gasteiger partial charge in [-0.2, -0.15) is 5.10 Å². The number of nitrogens with one attached hydrogen (secondary N) is 1. The van der Waals surface area contributed by atoms with Crippen molar-refractivity contribution < 1.29 is 28.6 Å². The number of hydrogen-bond acceptors (Lipinski definition) is 6. The molecule has 0 aliphatic rings. The summed E-state index contributed by atoms with van der Waals surface area (Å²) in [5, 5.41) is 12.4. The normalized spacial score (nSPS) is 10.5. The Bertz CT molecular complexity index is 768. The van der Waals surface area contributed by atoms with E-state index in [4.69, 9.17) is 24.7 Å². The Morgan fingerprint density at radius 1 is 1.33 bits per heavy atom. The number of methoxy groups -OCH3 is 1. The molecule has 1 aromatic heterocycles. The van der Waals surface area contributed by atoms with E-state index in [0.29, 0.717) is 22.8 Å². The number of carbonyl (C=O) groups is 2. The largest absolute Gasteiger partial charge is 0.493 e. The Hall–Kier alpha value is -3.49. The minimum atomic E-state index is -1.15. The summed E-state index contributed by atoms with van der Waals surface area (Å²) in [4.78, 5) is 21.3. The van der Waals surface area contributed by atoms with E-state index >= 15 is 0 Å². The molecule has 9 heteroatoms. The number of hydrogen-bond donors (Lipinski definition) is 3. The van der Waals surface area contributed by atoms with Gasteiger partial charge in [0.15, 0.2) is 11.5 Å². The fourth-order valence-corrected chi connectivity index (χ4v) is 1.77. The smallest absolute Gasteiger partial charge is 0.371 e. The van der Waals surface area contributed by atoms with Crippen molar-refractivity contribution in [2.75, 3.05) is 7.11 Å². The second-order valence-corrected chi connectivity index (χ2v) is 4.50. The van der Waals surface area contributed by atoms with E-state index < -0.39 is 12.0 Å². The highest BCUT2D eigenvalue weighted by Gasteiger charge is 2.11. The molecule has 0 unspecified atom stereocenters. The van der Waals surface area contributed by atoms with E-state index in [1.807, 2.05) is 0 Å². The van der Waals surface area contributed by atoms with Crippen LogP contribution in [-0.2, 0) is 6.61 Å². The van der Waals surface area contributed by atoms with Crippen molar-refractivity contribution in [1.82, 2.24) is 5.43 Å². The van der Waals surface area contributed by atoms with Crippen LogP contribution in [0.5, 0.6) is 11.5 Å². The number of aromatic carboxylic acids is 1. The van der Waals surface area contributed by atoms with Gasteiger partial charge < -0.3 is 24.7 Å². The number of ether oxygens (including phenoxy) is 2. The first-order valence-electron chi connectivity index (χ1n) is 6.71. The maximum absolute atomic E-state index is 10.8. The van der Waals surface area contributed by atoms with Gasteiger partial charge in [-0.25, -0.2) is 15.0 Å². The van der Waals surface area contributed by atoms with Crippen LogP contribution in [0, 0.1) is 0 Å². The maximum atomic E-state index is 10.8. The number of urea groups is 1. The topological polar surface area (TPSA) is 136 Å². The molecule has 4 N–H and O–H groups in total. The highest BCUT2D eigenvalue weighted by atomic mass is 16.5. The summed E-state index contributed by atoms with van der Waals surface area (Å²) in [5.41, 5.74) is 7.63. The number of carbonyl (C=O) groups excluding carboxylic acids is 1. The van der Waals surface area contributed by atoms with Crippen LogP contribution in [0.15, 0.2) is 39.9 Å². The van der Waals surface area contributed by atoms with Crippen LogP contribution in [0.1, 0.15) is 21.9 Å². The predicted octanol–water partition coefficient (Wildman–Crippen LogP) is 1.57. The fraction of sp³-hybridized carbons (Fsp3) is 0.133. The Labute approximate surface area is 136 Å². The number of benzene rings is 1. The van der Waals surface area contributed by atoms with E-state index in [0.717, 1.165) is 0 Å². The van der Waals surface area contributed by atoms with E-state index in [2.05, 4.69) is 10.5 Å². The summed E-state index contributed by atoms with van der Waals surface area (Å²) in [6.45, 7) is 0.0420. The number of rotatable bonds is 7. The Balaban J connectivity index is 2.05. The molecular weight excluding hydrogens is 318 g/mol. The molecule has 1 aromatic carbocycles. The predicted molar refractivity (Wildman–Crippen MR) is 83.3 cm³/mol. The monoisotopic (exact) mass is 333 g/mol. The number of primary amides is 1. The zero-order valence-corrected chi connectivity index (χ0v) is 12.7. The highest BCUT2D eigenvalue weighted by molar-refractivity contribution is 5.84. The van der Waals surface area contributed by atoms with Gasteiger partial charge in [-0.1, -0.05) is 0 Å². The van der Waals surface area contributed by atoms with E-state index in [1.165, 1.54) is 25.5 Å². The minimum absolute atomic E-state index is 0.0420. The van der Waals surface area contributed by atoms with Crippen molar-refractivity contribution in [1.29, 1.82) is 0 Å². The van der Waals surface area contributed by atoms with E-state index in [1.54, 1.807) is 18.2 Å². The molecule has 2 amide bonds. The highest BCUT2D eigenvalue weighted by Crippen LogP contribution is 2.28. The number of furan rings is 1. The van der Waals surface area contributed by atoms with Crippen LogP contribution in [0.25, 0.3) is 0 Å². The van der Waals surface area contributed by atoms with Gasteiger partial charge in [-0.3, -0.25) is 0 Å². The summed E-state index contributed by atoms with van der Waals surface area (Å²) in [5.74, 6) is -0.0688. The molecule has 9 nitrogen and oxygen atoms in total. The molecule has 0 spiro atoms. The second-order valence-electron chi connectivity index (χ2n) is 4.50. The zero-order valence-electron chi connectivity index (χ0n) is 12.7.